The quantitative estimate of drug-likeness (QED) is 0.832. The van der Waals surface area contributed by atoms with Crippen molar-refractivity contribution in [3.05, 3.63) is 15.9 Å². The molecule has 1 spiro atoms. The third kappa shape index (κ3) is 2.69. The number of piperidine rings is 1. The summed E-state index contributed by atoms with van der Waals surface area (Å²) in [7, 11) is 2.07. The van der Waals surface area contributed by atoms with Crippen LogP contribution < -0.4 is 0 Å². The molecule has 2 heterocycles. The highest BCUT2D eigenvalue weighted by Gasteiger charge is 2.37. The van der Waals surface area contributed by atoms with Crippen molar-refractivity contribution >= 4 is 15.9 Å². The van der Waals surface area contributed by atoms with Gasteiger partial charge in [0.1, 0.15) is 0 Å². The summed E-state index contributed by atoms with van der Waals surface area (Å²) in [6.07, 6.45) is 9.70. The van der Waals surface area contributed by atoms with Crippen LogP contribution in [0.5, 0.6) is 0 Å². The number of hydrogen-bond acceptors (Lipinski definition) is 2. The average molecular weight is 340 g/mol. The molecule has 1 aliphatic carbocycles. The number of likely N-dealkylation sites (tertiary alicyclic amines) is 1. The summed E-state index contributed by atoms with van der Waals surface area (Å²) in [5, 5.41) is 4.61. The van der Waals surface area contributed by atoms with E-state index in [2.05, 4.69) is 44.6 Å². The molecule has 1 aromatic heterocycles. The largest absolute Gasteiger partial charge is 0.297 e. The molecule has 1 saturated heterocycles. The van der Waals surface area contributed by atoms with Gasteiger partial charge in [-0.15, -0.1) is 0 Å². The first kappa shape index (κ1) is 14.6. The molecular formula is C16H26BrN3. The van der Waals surface area contributed by atoms with E-state index in [0.29, 0.717) is 0 Å². The fourth-order valence-electron chi connectivity index (χ4n) is 4.01. The van der Waals surface area contributed by atoms with Gasteiger partial charge >= 0.3 is 0 Å². The molecule has 112 valence electrons. The molecule has 1 aliphatic heterocycles. The molecule has 4 heteroatoms. The van der Waals surface area contributed by atoms with Gasteiger partial charge in [0.25, 0.3) is 0 Å². The molecular weight excluding hydrogens is 314 g/mol. The van der Waals surface area contributed by atoms with Gasteiger partial charge in [0, 0.05) is 13.6 Å². The number of hydrogen-bond donors (Lipinski definition) is 0. The molecule has 2 aliphatic rings. The van der Waals surface area contributed by atoms with E-state index in [1.54, 1.807) is 0 Å². The molecule has 2 fully saturated rings. The van der Waals surface area contributed by atoms with Gasteiger partial charge in [0.15, 0.2) is 0 Å². The van der Waals surface area contributed by atoms with Crippen LogP contribution in [0.3, 0.4) is 0 Å². The Labute approximate surface area is 130 Å². The van der Waals surface area contributed by atoms with Gasteiger partial charge < -0.3 is 0 Å². The van der Waals surface area contributed by atoms with E-state index >= 15 is 0 Å². The van der Waals surface area contributed by atoms with Crippen molar-refractivity contribution < 1.29 is 0 Å². The lowest BCUT2D eigenvalue weighted by Gasteiger charge is -2.39. The second-order valence-corrected chi connectivity index (χ2v) is 7.46. The number of nitrogens with zero attached hydrogens (tertiary/aromatic N) is 3. The van der Waals surface area contributed by atoms with Gasteiger partial charge in [0.05, 0.1) is 15.9 Å². The Morgan fingerprint density at radius 3 is 2.35 bits per heavy atom. The zero-order valence-electron chi connectivity index (χ0n) is 12.8. The topological polar surface area (TPSA) is 21.1 Å². The Morgan fingerprint density at radius 1 is 1.15 bits per heavy atom. The maximum absolute atomic E-state index is 4.61. The number of halogens is 1. The fraction of sp³-hybridized carbons (Fsp3) is 0.812. The molecule has 3 rings (SSSR count). The van der Waals surface area contributed by atoms with Crippen LogP contribution in [-0.2, 0) is 20.0 Å². The third-order valence-electron chi connectivity index (χ3n) is 5.46. The molecule has 0 unspecified atom stereocenters. The highest BCUT2D eigenvalue weighted by Crippen LogP contribution is 2.46. The Kier molecular flexibility index (Phi) is 4.23. The molecule has 0 atom stereocenters. The maximum Gasteiger partial charge on any atom is 0.0767 e. The van der Waals surface area contributed by atoms with Crippen LogP contribution in [0.15, 0.2) is 4.47 Å². The second kappa shape index (κ2) is 5.80. The van der Waals surface area contributed by atoms with Crippen molar-refractivity contribution in [1.29, 1.82) is 0 Å². The summed E-state index contributed by atoms with van der Waals surface area (Å²) >= 11 is 3.74. The van der Waals surface area contributed by atoms with Gasteiger partial charge in [-0.1, -0.05) is 19.8 Å². The highest BCUT2D eigenvalue weighted by atomic mass is 79.9. The van der Waals surface area contributed by atoms with Crippen LogP contribution in [-0.4, -0.2) is 27.8 Å². The van der Waals surface area contributed by atoms with Gasteiger partial charge in [0.2, 0.25) is 0 Å². The standard InChI is InChI=1S/C16H26BrN3/c1-3-13-15(17)14(19(2)18-13)12-20-10-8-16(9-11-20)6-4-5-7-16/h3-12H2,1-2H3. The van der Waals surface area contributed by atoms with Crippen molar-refractivity contribution in [3.8, 4) is 0 Å². The molecule has 3 nitrogen and oxygen atoms in total. The van der Waals surface area contributed by atoms with E-state index < -0.39 is 0 Å². The van der Waals surface area contributed by atoms with E-state index in [1.165, 1.54) is 67.5 Å². The summed E-state index contributed by atoms with van der Waals surface area (Å²) in [4.78, 5) is 2.62. The third-order valence-corrected chi connectivity index (χ3v) is 6.37. The van der Waals surface area contributed by atoms with Crippen molar-refractivity contribution in [2.24, 2.45) is 12.5 Å². The molecule has 1 saturated carbocycles. The van der Waals surface area contributed by atoms with Crippen LogP contribution in [0.25, 0.3) is 0 Å². The maximum atomic E-state index is 4.61. The van der Waals surface area contributed by atoms with Crippen LogP contribution in [0.4, 0.5) is 0 Å². The lowest BCUT2D eigenvalue weighted by atomic mass is 9.77. The Morgan fingerprint density at radius 2 is 1.80 bits per heavy atom. The predicted molar refractivity (Wildman–Crippen MR) is 85.7 cm³/mol. The van der Waals surface area contributed by atoms with Crippen LogP contribution in [0, 0.1) is 5.41 Å². The van der Waals surface area contributed by atoms with E-state index in [1.807, 2.05) is 0 Å². The van der Waals surface area contributed by atoms with Crippen LogP contribution in [0.2, 0.25) is 0 Å². The van der Waals surface area contributed by atoms with E-state index in [-0.39, 0.29) is 0 Å². The first-order valence-electron chi connectivity index (χ1n) is 8.06. The molecule has 0 bridgehead atoms. The highest BCUT2D eigenvalue weighted by molar-refractivity contribution is 9.10. The fourth-order valence-corrected chi connectivity index (χ4v) is 4.76. The zero-order chi connectivity index (χ0) is 14.2. The Balaban J connectivity index is 1.63. The second-order valence-electron chi connectivity index (χ2n) is 6.67. The number of rotatable bonds is 3. The van der Waals surface area contributed by atoms with Gasteiger partial charge in [-0.2, -0.15) is 5.10 Å². The molecule has 0 N–H and O–H groups in total. The SMILES string of the molecule is CCc1nn(C)c(CN2CCC3(CCCC3)CC2)c1Br. The molecule has 20 heavy (non-hydrogen) atoms. The van der Waals surface area contributed by atoms with Gasteiger partial charge in [-0.3, -0.25) is 9.58 Å². The van der Waals surface area contributed by atoms with Gasteiger partial charge in [-0.25, -0.2) is 0 Å². The van der Waals surface area contributed by atoms with Crippen molar-refractivity contribution in [1.82, 2.24) is 14.7 Å². The molecule has 0 amide bonds. The summed E-state index contributed by atoms with van der Waals surface area (Å²) in [5.41, 5.74) is 3.24. The molecule has 0 radical (unpaired) electrons. The minimum Gasteiger partial charge on any atom is -0.297 e. The number of aryl methyl sites for hydroxylation is 2. The normalized spacial score (nSPS) is 22.8. The summed E-state index contributed by atoms with van der Waals surface area (Å²) in [6, 6.07) is 0. The molecule has 0 aromatic carbocycles. The Hall–Kier alpha value is -0.350. The van der Waals surface area contributed by atoms with Crippen molar-refractivity contribution in [3.63, 3.8) is 0 Å². The summed E-state index contributed by atoms with van der Waals surface area (Å²) < 4.78 is 3.28. The van der Waals surface area contributed by atoms with E-state index in [0.717, 1.165) is 18.4 Å². The predicted octanol–water partition coefficient (Wildman–Crippen LogP) is 3.90. The lowest BCUT2D eigenvalue weighted by molar-refractivity contribution is 0.101. The first-order valence-corrected chi connectivity index (χ1v) is 8.85. The summed E-state index contributed by atoms with van der Waals surface area (Å²) in [6.45, 7) is 5.74. The van der Waals surface area contributed by atoms with Crippen molar-refractivity contribution in [2.75, 3.05) is 13.1 Å². The minimum absolute atomic E-state index is 0.717. The molecule has 1 aromatic rings. The zero-order valence-corrected chi connectivity index (χ0v) is 14.4. The first-order chi connectivity index (χ1) is 9.63. The Bertz CT molecular complexity index is 464. The summed E-state index contributed by atoms with van der Waals surface area (Å²) in [5.74, 6) is 0. The van der Waals surface area contributed by atoms with E-state index in [4.69, 9.17) is 0 Å². The number of aromatic nitrogens is 2. The van der Waals surface area contributed by atoms with Crippen LogP contribution in [0.1, 0.15) is 56.8 Å². The van der Waals surface area contributed by atoms with Gasteiger partial charge in [-0.05, 0) is 66.5 Å². The van der Waals surface area contributed by atoms with Crippen molar-refractivity contribution in [2.45, 2.75) is 58.4 Å². The van der Waals surface area contributed by atoms with Crippen LogP contribution >= 0.6 is 15.9 Å². The smallest absolute Gasteiger partial charge is 0.0767 e. The lowest BCUT2D eigenvalue weighted by Crippen LogP contribution is -2.38. The minimum atomic E-state index is 0.717. The average Bonchev–Trinajstić information content (AvgIpc) is 3.01. The van der Waals surface area contributed by atoms with E-state index in [9.17, 15) is 0 Å². The monoisotopic (exact) mass is 339 g/mol.